The summed E-state index contributed by atoms with van der Waals surface area (Å²) in [5, 5.41) is 8.98. The first kappa shape index (κ1) is 46.1. The van der Waals surface area contributed by atoms with Crippen LogP contribution in [0.25, 0.3) is 0 Å². The highest BCUT2D eigenvalue weighted by atomic mass is 127. The summed E-state index contributed by atoms with van der Waals surface area (Å²) in [4.78, 5) is 30.9. The molecule has 61 heavy (non-hydrogen) atoms. The summed E-state index contributed by atoms with van der Waals surface area (Å²) in [5.41, 5.74) is 6.93. The topological polar surface area (TPSA) is 117 Å². The largest absolute Gasteiger partial charge is 0.445 e. The van der Waals surface area contributed by atoms with Crippen molar-refractivity contribution in [2.75, 3.05) is 99.4 Å². The molecule has 4 aliphatic heterocycles. The van der Waals surface area contributed by atoms with Gasteiger partial charge in [-0.3, -0.25) is 4.90 Å². The van der Waals surface area contributed by atoms with Crippen molar-refractivity contribution in [3.8, 4) is 0 Å². The molecule has 4 aromatic carbocycles. The molecule has 12 nitrogen and oxygen atoms in total. The number of piperazine rings is 2. The summed E-state index contributed by atoms with van der Waals surface area (Å²) in [5.74, 6) is 0. The average molecular weight is 947 g/mol. The van der Waals surface area contributed by atoms with Crippen LogP contribution in [0.2, 0.25) is 0 Å². The molecule has 4 aliphatic rings. The van der Waals surface area contributed by atoms with E-state index in [4.69, 9.17) is 18.9 Å². The van der Waals surface area contributed by atoms with E-state index in [0.717, 1.165) is 101 Å². The highest BCUT2D eigenvalue weighted by Crippen LogP contribution is 2.20. The Labute approximate surface area is 375 Å². The zero-order chi connectivity index (χ0) is 42.3. The standard InChI is InChI=1S/C24H31N3O3.C20H25N3O2.C4H7IO/c28-24(30-19-21-4-2-1-3-5-21)25-12-10-20-6-8-22(9-7-20)27-15-13-26(14-16-27)18-23-11-17-29-23;24-20(25-16-18-4-2-1-3-5-18)22-11-10-17-6-8-19(9-7-17)23-14-12-21-13-15-23;5-3-4-1-2-6-4/h1-9,23H,10-19H2,(H,25,28);1-9,21H,10-16H2,(H,22,24);4H,1-3H2. The molecule has 0 aromatic heterocycles. The third-order valence-corrected chi connectivity index (χ3v) is 12.1. The van der Waals surface area contributed by atoms with Crippen molar-refractivity contribution < 1.29 is 28.5 Å². The number of rotatable bonds is 15. The van der Waals surface area contributed by atoms with Crippen molar-refractivity contribution in [1.29, 1.82) is 0 Å². The third-order valence-electron chi connectivity index (χ3n) is 11.1. The monoisotopic (exact) mass is 946 g/mol. The molecule has 0 radical (unpaired) electrons. The first-order chi connectivity index (χ1) is 30.0. The number of nitrogens with one attached hydrogen (secondary N) is 3. The molecule has 2 unspecified atom stereocenters. The van der Waals surface area contributed by atoms with Gasteiger partial charge in [0.2, 0.25) is 0 Å². The van der Waals surface area contributed by atoms with Crippen molar-refractivity contribution in [3.05, 3.63) is 131 Å². The quantitative estimate of drug-likeness (QED) is 0.0865. The second-order valence-electron chi connectivity index (χ2n) is 15.6. The molecule has 328 valence electrons. The predicted octanol–water partition coefficient (Wildman–Crippen LogP) is 6.84. The highest BCUT2D eigenvalue weighted by Gasteiger charge is 2.24. The van der Waals surface area contributed by atoms with Crippen molar-refractivity contribution in [2.24, 2.45) is 0 Å². The molecule has 2 amide bonds. The van der Waals surface area contributed by atoms with Crippen LogP contribution in [0.4, 0.5) is 21.0 Å². The third kappa shape index (κ3) is 16.8. The van der Waals surface area contributed by atoms with Gasteiger partial charge in [0.05, 0.1) is 12.2 Å². The molecular weight excluding hydrogens is 883 g/mol. The first-order valence-electron chi connectivity index (χ1n) is 21.8. The van der Waals surface area contributed by atoms with E-state index in [-0.39, 0.29) is 12.2 Å². The lowest BCUT2D eigenvalue weighted by molar-refractivity contribution is -0.0671. The Hall–Kier alpha value is -4.41. The van der Waals surface area contributed by atoms with Crippen LogP contribution in [0.5, 0.6) is 0 Å². The Morgan fingerprint density at radius 2 is 1.03 bits per heavy atom. The number of anilines is 2. The van der Waals surface area contributed by atoms with Gasteiger partial charge in [-0.15, -0.1) is 0 Å². The van der Waals surface area contributed by atoms with Crippen LogP contribution < -0.4 is 25.8 Å². The van der Waals surface area contributed by atoms with Crippen molar-refractivity contribution in [3.63, 3.8) is 0 Å². The number of halogens is 1. The second-order valence-corrected chi connectivity index (χ2v) is 16.4. The summed E-state index contributed by atoms with van der Waals surface area (Å²) < 4.78 is 22.2. The van der Waals surface area contributed by atoms with Gasteiger partial charge >= 0.3 is 12.2 Å². The zero-order valence-corrected chi connectivity index (χ0v) is 37.5. The zero-order valence-electron chi connectivity index (χ0n) is 35.4. The number of hydrogen-bond donors (Lipinski definition) is 3. The van der Waals surface area contributed by atoms with Gasteiger partial charge in [-0.2, -0.15) is 0 Å². The lowest BCUT2D eigenvalue weighted by atomic mass is 10.1. The molecule has 3 N–H and O–H groups in total. The van der Waals surface area contributed by atoms with Gasteiger partial charge in [0.1, 0.15) is 13.2 Å². The van der Waals surface area contributed by atoms with E-state index >= 15 is 0 Å². The van der Waals surface area contributed by atoms with Crippen LogP contribution in [0.15, 0.2) is 109 Å². The highest BCUT2D eigenvalue weighted by molar-refractivity contribution is 14.1. The normalized spacial score (nSPS) is 18.4. The molecular formula is C48H63IN6O6. The molecule has 8 rings (SSSR count). The van der Waals surface area contributed by atoms with E-state index in [0.29, 0.717) is 38.5 Å². The molecule has 13 heteroatoms. The number of benzene rings is 4. The Morgan fingerprint density at radius 1 is 0.590 bits per heavy atom. The van der Waals surface area contributed by atoms with Gasteiger partial charge < -0.3 is 44.7 Å². The van der Waals surface area contributed by atoms with Crippen LogP contribution in [0.3, 0.4) is 0 Å². The molecule has 0 bridgehead atoms. The number of ether oxygens (including phenoxy) is 4. The summed E-state index contributed by atoms with van der Waals surface area (Å²) in [6.45, 7) is 13.2. The van der Waals surface area contributed by atoms with Gasteiger partial charge in [0.25, 0.3) is 0 Å². The molecule has 4 fully saturated rings. The SMILES string of the molecule is ICC1CCO1.O=C(NCCc1ccc(N2CCN(CC3CCO3)CC2)cc1)OCc1ccccc1.O=C(NCCc1ccc(N2CCNCC2)cc1)OCc1ccccc1. The molecule has 4 heterocycles. The van der Waals surface area contributed by atoms with Gasteiger partial charge in [-0.1, -0.05) is 108 Å². The van der Waals surface area contributed by atoms with Gasteiger partial charge in [-0.25, -0.2) is 9.59 Å². The maximum atomic E-state index is 11.8. The maximum Gasteiger partial charge on any atom is 0.407 e. The number of carbonyl (C=O) groups is 2. The number of carbonyl (C=O) groups excluding carboxylic acids is 2. The van der Waals surface area contributed by atoms with E-state index in [1.54, 1.807) is 0 Å². The van der Waals surface area contributed by atoms with Crippen LogP contribution in [-0.4, -0.2) is 119 Å². The smallest absolute Gasteiger partial charge is 0.407 e. The number of alkyl carbamates (subject to hydrolysis) is 2. The fourth-order valence-corrected chi connectivity index (χ4v) is 7.84. The van der Waals surface area contributed by atoms with E-state index in [1.165, 1.54) is 35.3 Å². The fraction of sp³-hybridized carbons (Fsp3) is 0.458. The van der Waals surface area contributed by atoms with E-state index in [2.05, 4.69) is 102 Å². The molecule has 0 spiro atoms. The summed E-state index contributed by atoms with van der Waals surface area (Å²) >= 11 is 2.34. The molecule has 0 aliphatic carbocycles. The fourth-order valence-electron chi connectivity index (χ4n) is 7.15. The molecule has 4 aromatic rings. The Morgan fingerprint density at radius 3 is 1.43 bits per heavy atom. The maximum absolute atomic E-state index is 11.8. The summed E-state index contributed by atoms with van der Waals surface area (Å²) in [7, 11) is 0. The Bertz CT molecular complexity index is 1820. The summed E-state index contributed by atoms with van der Waals surface area (Å²) in [6, 6.07) is 36.7. The Kier molecular flexibility index (Phi) is 19.8. The lowest BCUT2D eigenvalue weighted by Crippen LogP contribution is -2.50. The number of nitrogens with zero attached hydrogens (tertiary/aromatic N) is 3. The van der Waals surface area contributed by atoms with Crippen molar-refractivity contribution >= 4 is 46.2 Å². The van der Waals surface area contributed by atoms with E-state index in [9.17, 15) is 9.59 Å². The van der Waals surface area contributed by atoms with Crippen LogP contribution in [0.1, 0.15) is 35.1 Å². The van der Waals surface area contributed by atoms with Crippen molar-refractivity contribution in [1.82, 2.24) is 20.9 Å². The molecule has 2 atom stereocenters. The minimum atomic E-state index is -0.374. The molecule has 0 saturated carbocycles. The minimum absolute atomic E-state index is 0.294. The van der Waals surface area contributed by atoms with Gasteiger partial charge in [0.15, 0.2) is 0 Å². The second kappa shape index (κ2) is 26.2. The van der Waals surface area contributed by atoms with Crippen molar-refractivity contribution in [2.45, 2.75) is 51.1 Å². The summed E-state index contributed by atoms with van der Waals surface area (Å²) in [6.07, 6.45) is 4.38. The number of hydrogen-bond acceptors (Lipinski definition) is 10. The van der Waals surface area contributed by atoms with Gasteiger partial charge in [0, 0.05) is 101 Å². The number of alkyl halides is 1. The minimum Gasteiger partial charge on any atom is -0.445 e. The number of amides is 2. The van der Waals surface area contributed by atoms with Crippen LogP contribution in [0, 0.1) is 0 Å². The lowest BCUT2D eigenvalue weighted by Gasteiger charge is -2.39. The first-order valence-corrected chi connectivity index (χ1v) is 23.3. The van der Waals surface area contributed by atoms with E-state index in [1.807, 2.05) is 60.7 Å². The predicted molar refractivity (Wildman–Crippen MR) is 251 cm³/mol. The van der Waals surface area contributed by atoms with Crippen LogP contribution >= 0.6 is 22.6 Å². The average Bonchev–Trinajstić information content (AvgIpc) is 3.28. The van der Waals surface area contributed by atoms with Crippen LogP contribution in [-0.2, 0) is 45.0 Å². The van der Waals surface area contributed by atoms with E-state index < -0.39 is 0 Å². The Balaban J connectivity index is 0.000000181. The molecule has 4 saturated heterocycles. The van der Waals surface area contributed by atoms with Gasteiger partial charge in [-0.05, 0) is 72.2 Å².